The van der Waals surface area contributed by atoms with Crippen molar-refractivity contribution >= 4 is 28.4 Å². The first-order valence-corrected chi connectivity index (χ1v) is 10.2. The Morgan fingerprint density at radius 1 is 1.15 bits per heavy atom. The lowest BCUT2D eigenvalue weighted by Gasteiger charge is -2.08. The number of H-pyrrole nitrogens is 2. The number of para-hydroxylation sites is 1. The van der Waals surface area contributed by atoms with Crippen LogP contribution in [0.1, 0.15) is 23.0 Å². The van der Waals surface area contributed by atoms with Crippen LogP contribution in [-0.2, 0) is 11.2 Å². The zero-order valence-electron chi connectivity index (χ0n) is 17.5. The Hall–Kier alpha value is -4.73. The predicted octanol–water partition coefficient (Wildman–Crippen LogP) is 3.08. The lowest BCUT2D eigenvalue weighted by Crippen LogP contribution is -2.25. The number of rotatable bonds is 6. The number of aromatic nitrogens is 5. The largest absolute Gasteiger partial charge is 0.463 e. The van der Waals surface area contributed by atoms with Gasteiger partial charge in [-0.2, -0.15) is 9.78 Å². The monoisotopic (exact) mass is 442 g/mol. The number of anilines is 1. The third kappa shape index (κ3) is 3.74. The van der Waals surface area contributed by atoms with Crippen molar-refractivity contribution in [2.75, 3.05) is 5.32 Å². The summed E-state index contributed by atoms with van der Waals surface area (Å²) in [6.45, 7) is 1.87. The molecule has 1 amide bonds. The summed E-state index contributed by atoms with van der Waals surface area (Å²) in [5.41, 5.74) is 1.58. The number of aryl methyl sites for hydroxylation is 1. The summed E-state index contributed by atoms with van der Waals surface area (Å²) in [7, 11) is 0. The molecule has 4 heterocycles. The number of furan rings is 1. The average molecular weight is 442 g/mol. The fraction of sp³-hybridized carbons (Fsp3) is 0.0870. The van der Waals surface area contributed by atoms with Gasteiger partial charge in [0.25, 0.3) is 17.2 Å². The van der Waals surface area contributed by atoms with Crippen molar-refractivity contribution in [3.05, 3.63) is 82.6 Å². The van der Waals surface area contributed by atoms with Crippen molar-refractivity contribution in [3.8, 4) is 17.4 Å². The molecule has 0 aliphatic carbocycles. The Balaban J connectivity index is 1.54. The Labute approximate surface area is 186 Å². The number of benzene rings is 1. The number of ketones is 1. The maximum atomic E-state index is 12.9. The van der Waals surface area contributed by atoms with Gasteiger partial charge in [0.15, 0.2) is 5.76 Å². The molecule has 5 rings (SSSR count). The summed E-state index contributed by atoms with van der Waals surface area (Å²) in [5, 5.41) is 7.66. The first-order valence-electron chi connectivity index (χ1n) is 10.2. The van der Waals surface area contributed by atoms with Gasteiger partial charge in [0.2, 0.25) is 5.95 Å². The quantitative estimate of drug-likeness (QED) is 0.273. The number of hydrogen-bond acceptors (Lipinski definition) is 6. The third-order valence-corrected chi connectivity index (χ3v) is 5.11. The number of carbonyl (C=O) groups excluding carboxylic acids is 2. The van der Waals surface area contributed by atoms with Crippen molar-refractivity contribution in [2.45, 2.75) is 13.3 Å². The Morgan fingerprint density at radius 2 is 2.00 bits per heavy atom. The molecule has 0 aliphatic heterocycles. The van der Waals surface area contributed by atoms with E-state index in [4.69, 9.17) is 4.42 Å². The van der Waals surface area contributed by atoms with Crippen LogP contribution in [0.2, 0.25) is 0 Å². The summed E-state index contributed by atoms with van der Waals surface area (Å²) in [6, 6.07) is 13.5. The lowest BCUT2D eigenvalue weighted by atomic mass is 10.1. The molecule has 10 nitrogen and oxygen atoms in total. The van der Waals surface area contributed by atoms with Crippen molar-refractivity contribution in [1.82, 2.24) is 24.7 Å². The van der Waals surface area contributed by atoms with Gasteiger partial charge in [-0.25, -0.2) is 4.98 Å². The van der Waals surface area contributed by atoms with Crippen LogP contribution in [0.3, 0.4) is 0 Å². The van der Waals surface area contributed by atoms with E-state index in [1.807, 2.05) is 19.1 Å². The second kappa shape index (κ2) is 8.08. The highest BCUT2D eigenvalue weighted by atomic mass is 16.3. The summed E-state index contributed by atoms with van der Waals surface area (Å²) in [5.74, 6) is -0.881. The Bertz CT molecular complexity index is 1540. The van der Waals surface area contributed by atoms with Gasteiger partial charge in [0.05, 0.1) is 11.8 Å². The van der Waals surface area contributed by atoms with Crippen LogP contribution in [0.4, 0.5) is 5.82 Å². The van der Waals surface area contributed by atoms with Gasteiger partial charge in [-0.1, -0.05) is 25.1 Å². The molecule has 1 aromatic carbocycles. The fourth-order valence-corrected chi connectivity index (χ4v) is 3.51. The van der Waals surface area contributed by atoms with E-state index >= 15 is 0 Å². The highest BCUT2D eigenvalue weighted by Crippen LogP contribution is 2.25. The minimum atomic E-state index is -0.860. The molecule has 0 bridgehead atoms. The second-order valence-electron chi connectivity index (χ2n) is 7.25. The molecule has 33 heavy (non-hydrogen) atoms. The molecule has 164 valence electrons. The molecule has 0 atom stereocenters. The van der Waals surface area contributed by atoms with Gasteiger partial charge in [-0.05, 0) is 24.6 Å². The second-order valence-corrected chi connectivity index (χ2v) is 7.25. The molecule has 0 aliphatic rings. The van der Waals surface area contributed by atoms with Gasteiger partial charge in [0.1, 0.15) is 11.5 Å². The number of nitrogens with zero attached hydrogens (tertiary/aromatic N) is 3. The molecular weight excluding hydrogens is 424 g/mol. The average Bonchev–Trinajstić information content (AvgIpc) is 3.57. The summed E-state index contributed by atoms with van der Waals surface area (Å²) in [6.07, 6.45) is 3.52. The number of carbonyl (C=O) groups is 2. The highest BCUT2D eigenvalue weighted by molar-refractivity contribution is 6.48. The Morgan fingerprint density at radius 3 is 2.79 bits per heavy atom. The van der Waals surface area contributed by atoms with Crippen LogP contribution in [-0.4, -0.2) is 36.4 Å². The number of amides is 1. The molecule has 0 unspecified atom stereocenters. The Kier molecular flexibility index (Phi) is 4.94. The fourth-order valence-electron chi connectivity index (χ4n) is 3.51. The van der Waals surface area contributed by atoms with E-state index in [1.165, 1.54) is 29.3 Å². The SMILES string of the molecule is CCc1cc(=O)[nH]c(-n2nc(-c3ccco3)cc2NC(=O)C(=O)c2c[nH]c3ccccc23)n1. The number of aromatic amines is 2. The highest BCUT2D eigenvalue weighted by Gasteiger charge is 2.23. The first-order chi connectivity index (χ1) is 16.0. The van der Waals surface area contributed by atoms with Crippen molar-refractivity contribution < 1.29 is 14.0 Å². The third-order valence-electron chi connectivity index (χ3n) is 5.11. The van der Waals surface area contributed by atoms with E-state index in [-0.39, 0.29) is 22.9 Å². The predicted molar refractivity (Wildman–Crippen MR) is 120 cm³/mol. The molecule has 0 fully saturated rings. The zero-order valence-corrected chi connectivity index (χ0v) is 17.5. The molecule has 5 aromatic rings. The van der Waals surface area contributed by atoms with Crippen LogP contribution >= 0.6 is 0 Å². The smallest absolute Gasteiger partial charge is 0.298 e. The molecule has 10 heteroatoms. The van der Waals surface area contributed by atoms with Crippen LogP contribution in [0.5, 0.6) is 0 Å². The number of hydrogen-bond donors (Lipinski definition) is 3. The van der Waals surface area contributed by atoms with Crippen LogP contribution in [0.25, 0.3) is 28.3 Å². The van der Waals surface area contributed by atoms with E-state index in [0.717, 1.165) is 5.52 Å². The van der Waals surface area contributed by atoms with Crippen molar-refractivity contribution in [2.24, 2.45) is 0 Å². The minimum Gasteiger partial charge on any atom is -0.463 e. The number of Topliss-reactive ketones (excluding diaryl/α,β-unsaturated/α-hetero) is 1. The van der Waals surface area contributed by atoms with Gasteiger partial charge in [0, 0.05) is 34.9 Å². The maximum Gasteiger partial charge on any atom is 0.298 e. The van der Waals surface area contributed by atoms with E-state index in [9.17, 15) is 14.4 Å². The standard InChI is InChI=1S/C23H18N6O4/c1-2-13-10-20(30)27-23(25-13)29-19(11-17(28-29)18-8-5-9-33-18)26-22(32)21(31)15-12-24-16-7-4-3-6-14(15)16/h3-12,24H,2H2,1H3,(H,26,32)(H,25,27,30). The van der Waals surface area contributed by atoms with Crippen LogP contribution < -0.4 is 10.9 Å². The number of nitrogens with one attached hydrogen (secondary N) is 3. The van der Waals surface area contributed by atoms with Gasteiger partial charge in [-0.15, -0.1) is 0 Å². The summed E-state index contributed by atoms with van der Waals surface area (Å²) < 4.78 is 6.66. The molecule has 0 saturated carbocycles. The summed E-state index contributed by atoms with van der Waals surface area (Å²) >= 11 is 0. The van der Waals surface area contributed by atoms with E-state index in [2.05, 4.69) is 25.4 Å². The molecule has 0 spiro atoms. The van der Waals surface area contributed by atoms with Gasteiger partial charge < -0.3 is 14.7 Å². The van der Waals surface area contributed by atoms with E-state index < -0.39 is 11.7 Å². The van der Waals surface area contributed by atoms with Gasteiger partial charge >= 0.3 is 0 Å². The summed E-state index contributed by atoms with van der Waals surface area (Å²) in [4.78, 5) is 47.9. The zero-order chi connectivity index (χ0) is 22.9. The van der Waals surface area contributed by atoms with E-state index in [0.29, 0.717) is 29.0 Å². The first kappa shape index (κ1) is 20.2. The molecule has 0 saturated heterocycles. The minimum absolute atomic E-state index is 0.104. The number of fused-ring (bicyclic) bond motifs is 1. The molecular formula is C23H18N6O4. The van der Waals surface area contributed by atoms with Crippen molar-refractivity contribution in [3.63, 3.8) is 0 Å². The molecule has 3 N–H and O–H groups in total. The van der Waals surface area contributed by atoms with Gasteiger partial charge in [-0.3, -0.25) is 19.4 Å². The van der Waals surface area contributed by atoms with Crippen LogP contribution in [0.15, 0.2) is 70.2 Å². The topological polar surface area (TPSA) is 139 Å². The lowest BCUT2D eigenvalue weighted by molar-refractivity contribution is -0.112. The van der Waals surface area contributed by atoms with E-state index in [1.54, 1.807) is 24.3 Å². The molecule has 0 radical (unpaired) electrons. The maximum absolute atomic E-state index is 12.9. The molecule has 4 aromatic heterocycles. The normalized spacial score (nSPS) is 11.1. The van der Waals surface area contributed by atoms with Crippen molar-refractivity contribution in [1.29, 1.82) is 0 Å². The van der Waals surface area contributed by atoms with Crippen LogP contribution in [0, 0.1) is 0 Å².